The molecule has 0 aromatic carbocycles. The lowest BCUT2D eigenvalue weighted by atomic mass is 9.94. The second-order valence-corrected chi connectivity index (χ2v) is 7.02. The molecule has 148 valence electrons. The van der Waals surface area contributed by atoms with Crippen molar-refractivity contribution in [1.29, 1.82) is 0 Å². The van der Waals surface area contributed by atoms with E-state index in [0.29, 0.717) is 5.92 Å². The summed E-state index contributed by atoms with van der Waals surface area (Å²) in [6.07, 6.45) is 21.8. The minimum absolute atomic E-state index is 0.309. The van der Waals surface area contributed by atoms with E-state index in [2.05, 4.69) is 89.4 Å². The van der Waals surface area contributed by atoms with Gasteiger partial charge >= 0.3 is 0 Å². The Bertz CT molecular complexity index is 612. The molecule has 3 heteroatoms. The number of terminal acetylenes is 1. The largest absolute Gasteiger partial charge is 0.372 e. The van der Waals surface area contributed by atoms with Crippen LogP contribution in [-0.2, 0) is 0 Å². The van der Waals surface area contributed by atoms with Crippen LogP contribution in [0.2, 0.25) is 0 Å². The Labute approximate surface area is 170 Å². The van der Waals surface area contributed by atoms with Gasteiger partial charge in [0.15, 0.2) is 0 Å². The van der Waals surface area contributed by atoms with E-state index < -0.39 is 0 Å². The molecule has 0 aromatic heterocycles. The van der Waals surface area contributed by atoms with Crippen LogP contribution in [0.1, 0.15) is 20.8 Å². The van der Waals surface area contributed by atoms with Crippen LogP contribution < -0.4 is 0 Å². The summed E-state index contributed by atoms with van der Waals surface area (Å²) in [6.45, 7) is 19.3. The molecule has 1 saturated heterocycles. The van der Waals surface area contributed by atoms with Gasteiger partial charge in [0.2, 0.25) is 0 Å². The molecule has 2 unspecified atom stereocenters. The van der Waals surface area contributed by atoms with Crippen molar-refractivity contribution in [3.63, 3.8) is 0 Å². The van der Waals surface area contributed by atoms with E-state index in [-0.39, 0.29) is 0 Å². The van der Waals surface area contributed by atoms with E-state index in [0.717, 1.165) is 43.5 Å². The zero-order valence-corrected chi connectivity index (χ0v) is 18.8. The van der Waals surface area contributed by atoms with Crippen molar-refractivity contribution in [2.75, 3.05) is 39.4 Å². The highest BCUT2D eigenvalue weighted by Crippen LogP contribution is 2.25. The first kappa shape index (κ1) is 25.2. The normalized spacial score (nSPS) is 17.7. The fourth-order valence-electron chi connectivity index (χ4n) is 2.95. The Morgan fingerprint density at radius 3 is 2.15 bits per heavy atom. The summed E-state index contributed by atoms with van der Waals surface area (Å²) in [6, 6.07) is 0. The van der Waals surface area contributed by atoms with E-state index in [1.54, 1.807) is 0 Å². The van der Waals surface area contributed by atoms with Crippen molar-refractivity contribution in [3.05, 3.63) is 72.0 Å². The maximum atomic E-state index is 4.40. The van der Waals surface area contributed by atoms with Gasteiger partial charge in [-0.2, -0.15) is 0 Å². The lowest BCUT2D eigenvalue weighted by Gasteiger charge is -2.37. The molecule has 0 radical (unpaired) electrons. The standard InChI is InChI=1S/C22H35N2P.C2H2/c1-7-9-21(8-2)18(3)10-11-22(12-17-25)19(4)20(5)24-15-13-23(6)14-16-24;1-2/h7-12,19H,3,5,13-17,25H2,1-2,4,6H3;1-2H/b9-7-,11-10-,21-8+,22-12+;. The van der Waals surface area contributed by atoms with Crippen molar-refractivity contribution in [2.45, 2.75) is 20.8 Å². The molecular formula is C24H37N2P. The van der Waals surface area contributed by atoms with Crippen LogP contribution in [0.5, 0.6) is 0 Å². The highest BCUT2D eigenvalue weighted by molar-refractivity contribution is 7.16. The Balaban J connectivity index is 0.00000326. The maximum Gasteiger partial charge on any atom is 0.0303 e. The molecule has 27 heavy (non-hydrogen) atoms. The molecule has 0 aliphatic carbocycles. The van der Waals surface area contributed by atoms with Gasteiger partial charge in [-0.3, -0.25) is 0 Å². The Kier molecular flexibility index (Phi) is 13.3. The van der Waals surface area contributed by atoms with Gasteiger partial charge in [-0.15, -0.1) is 22.1 Å². The number of hydrogen-bond donors (Lipinski definition) is 0. The Morgan fingerprint density at radius 2 is 1.67 bits per heavy atom. The average Bonchev–Trinajstić information content (AvgIpc) is 2.70. The van der Waals surface area contributed by atoms with Crippen LogP contribution in [0.15, 0.2) is 72.0 Å². The molecule has 1 rings (SSSR count). The fraction of sp³-hybridized carbons (Fsp3) is 0.417. The third-order valence-electron chi connectivity index (χ3n) is 4.77. The molecule has 1 aliphatic heterocycles. The summed E-state index contributed by atoms with van der Waals surface area (Å²) in [4.78, 5) is 4.80. The number of allylic oxidation sites excluding steroid dienone is 9. The number of nitrogens with zero attached hydrogens (tertiary/aromatic N) is 2. The predicted molar refractivity (Wildman–Crippen MR) is 127 cm³/mol. The van der Waals surface area contributed by atoms with E-state index in [1.165, 1.54) is 11.3 Å². The van der Waals surface area contributed by atoms with Crippen LogP contribution in [0.25, 0.3) is 0 Å². The van der Waals surface area contributed by atoms with Crippen LogP contribution in [-0.4, -0.2) is 49.2 Å². The van der Waals surface area contributed by atoms with E-state index in [9.17, 15) is 0 Å². The highest BCUT2D eigenvalue weighted by Gasteiger charge is 2.20. The quantitative estimate of drug-likeness (QED) is 0.327. The van der Waals surface area contributed by atoms with Gasteiger partial charge in [0.05, 0.1) is 0 Å². The summed E-state index contributed by atoms with van der Waals surface area (Å²) in [7, 11) is 4.97. The summed E-state index contributed by atoms with van der Waals surface area (Å²) in [5.41, 5.74) is 4.71. The molecule has 1 heterocycles. The summed E-state index contributed by atoms with van der Waals surface area (Å²) in [5, 5.41) is 0. The molecule has 0 bridgehead atoms. The van der Waals surface area contributed by atoms with E-state index in [1.807, 2.05) is 19.9 Å². The zero-order chi connectivity index (χ0) is 20.8. The van der Waals surface area contributed by atoms with Crippen LogP contribution in [0, 0.1) is 18.8 Å². The third kappa shape index (κ3) is 8.61. The molecule has 0 N–H and O–H groups in total. The molecule has 0 spiro atoms. The first-order chi connectivity index (χ1) is 12.9. The maximum absolute atomic E-state index is 4.40. The van der Waals surface area contributed by atoms with Gasteiger partial charge in [-0.25, -0.2) is 0 Å². The molecule has 0 aromatic rings. The van der Waals surface area contributed by atoms with Gasteiger partial charge in [-0.05, 0) is 43.8 Å². The van der Waals surface area contributed by atoms with Crippen molar-refractivity contribution < 1.29 is 0 Å². The molecule has 0 saturated carbocycles. The first-order valence-corrected chi connectivity index (χ1v) is 10.3. The lowest BCUT2D eigenvalue weighted by Crippen LogP contribution is -2.44. The SMILES string of the molecule is C#C.C=C(/C=C\C(=C/CP)C(C)C(=C)N1CCN(C)CC1)C(/C=C\C)=C/C. The minimum atomic E-state index is 0.309. The molecular weight excluding hydrogens is 347 g/mol. The Hall–Kier alpha value is -1.81. The van der Waals surface area contributed by atoms with Crippen molar-refractivity contribution in [3.8, 4) is 12.8 Å². The number of piperazine rings is 1. The van der Waals surface area contributed by atoms with Gasteiger partial charge in [0, 0.05) is 37.8 Å². The van der Waals surface area contributed by atoms with Crippen molar-refractivity contribution in [1.82, 2.24) is 9.80 Å². The van der Waals surface area contributed by atoms with Crippen molar-refractivity contribution in [2.24, 2.45) is 5.92 Å². The minimum Gasteiger partial charge on any atom is -0.372 e. The van der Waals surface area contributed by atoms with E-state index >= 15 is 0 Å². The molecule has 1 fully saturated rings. The molecule has 1 aliphatic rings. The number of hydrogen-bond acceptors (Lipinski definition) is 2. The highest BCUT2D eigenvalue weighted by atomic mass is 31.0. The molecule has 2 atom stereocenters. The fourth-order valence-corrected chi connectivity index (χ4v) is 3.22. The van der Waals surface area contributed by atoms with Crippen LogP contribution in [0.3, 0.4) is 0 Å². The Morgan fingerprint density at radius 1 is 1.07 bits per heavy atom. The monoisotopic (exact) mass is 384 g/mol. The van der Waals surface area contributed by atoms with Gasteiger partial charge in [0.1, 0.15) is 0 Å². The molecule has 2 nitrogen and oxygen atoms in total. The first-order valence-electron chi connectivity index (χ1n) is 9.46. The summed E-state index contributed by atoms with van der Waals surface area (Å²) in [5.74, 6) is 0.309. The average molecular weight is 385 g/mol. The third-order valence-corrected chi connectivity index (χ3v) is 5.00. The van der Waals surface area contributed by atoms with Crippen molar-refractivity contribution >= 4 is 9.24 Å². The summed E-state index contributed by atoms with van der Waals surface area (Å²) < 4.78 is 0. The zero-order valence-electron chi connectivity index (χ0n) is 17.6. The molecule has 0 amide bonds. The lowest BCUT2D eigenvalue weighted by molar-refractivity contribution is 0.178. The number of rotatable bonds is 8. The van der Waals surface area contributed by atoms with Gasteiger partial charge in [-0.1, -0.05) is 56.5 Å². The number of likely N-dealkylation sites (N-methyl/N-ethyl adjacent to an activating group) is 1. The second-order valence-electron chi connectivity index (χ2n) is 6.55. The second kappa shape index (κ2) is 14.3. The topological polar surface area (TPSA) is 6.48 Å². The van der Waals surface area contributed by atoms with Gasteiger partial charge in [0.25, 0.3) is 0 Å². The van der Waals surface area contributed by atoms with Crippen LogP contribution in [0.4, 0.5) is 0 Å². The van der Waals surface area contributed by atoms with Gasteiger partial charge < -0.3 is 9.80 Å². The van der Waals surface area contributed by atoms with E-state index in [4.69, 9.17) is 0 Å². The van der Waals surface area contributed by atoms with Crippen LogP contribution >= 0.6 is 9.24 Å². The smallest absolute Gasteiger partial charge is 0.0303 e. The summed E-state index contributed by atoms with van der Waals surface area (Å²) >= 11 is 0. The predicted octanol–water partition coefficient (Wildman–Crippen LogP) is 5.07.